The van der Waals surface area contributed by atoms with Gasteiger partial charge in [0.05, 0.1) is 0 Å². The molecule has 1 aromatic rings. The summed E-state index contributed by atoms with van der Waals surface area (Å²) in [5.74, 6) is 0.701. The first-order valence-corrected chi connectivity index (χ1v) is 6.12. The monoisotopic (exact) mass is 231 g/mol. The van der Waals surface area contributed by atoms with Crippen molar-refractivity contribution in [2.24, 2.45) is 9.98 Å². The van der Waals surface area contributed by atoms with E-state index < -0.39 is 0 Å². The van der Waals surface area contributed by atoms with E-state index in [9.17, 15) is 0 Å². The first-order chi connectivity index (χ1) is 7.66. The van der Waals surface area contributed by atoms with Crippen molar-refractivity contribution in [2.75, 3.05) is 0 Å². The number of hydrogen-bond donors (Lipinski definition) is 0. The highest BCUT2D eigenvalue weighted by Gasteiger charge is 2.25. The topological polar surface area (TPSA) is 37.6 Å². The number of hydrogen-bond acceptors (Lipinski definition) is 3. The number of aromatic nitrogens is 1. The van der Waals surface area contributed by atoms with Crippen LogP contribution in [0.2, 0.25) is 0 Å². The standard InChI is InChI=1S/C12H14N3P/c1-12(16)7-13-6-10-9(8-2-3-8)4-5-14-11(10)15-12/h4-8H,2-3,16H2,1H3. The highest BCUT2D eigenvalue weighted by atomic mass is 31.0. The quantitative estimate of drug-likeness (QED) is 0.664. The van der Waals surface area contributed by atoms with Crippen molar-refractivity contribution in [3.63, 3.8) is 0 Å². The Hall–Kier alpha value is -1.08. The average molecular weight is 231 g/mol. The van der Waals surface area contributed by atoms with E-state index in [0.29, 0.717) is 5.92 Å². The molecule has 0 saturated heterocycles. The van der Waals surface area contributed by atoms with E-state index in [1.807, 2.05) is 25.5 Å². The first-order valence-electron chi connectivity index (χ1n) is 5.54. The molecule has 0 amide bonds. The Morgan fingerprint density at radius 1 is 1.44 bits per heavy atom. The average Bonchev–Trinajstić information content (AvgIpc) is 3.01. The summed E-state index contributed by atoms with van der Waals surface area (Å²) >= 11 is 0. The summed E-state index contributed by atoms with van der Waals surface area (Å²) in [4.78, 5) is 13.3. The summed E-state index contributed by atoms with van der Waals surface area (Å²) in [6, 6.07) is 2.10. The summed E-state index contributed by atoms with van der Waals surface area (Å²) in [6.07, 6.45) is 8.17. The largest absolute Gasteiger partial charge is 0.265 e. The number of aliphatic imine (C=N–C) groups is 1. The molecule has 0 aromatic carbocycles. The van der Waals surface area contributed by atoms with Crippen LogP contribution in [0.25, 0.3) is 6.20 Å². The van der Waals surface area contributed by atoms with Crippen molar-refractivity contribution in [3.05, 3.63) is 28.5 Å². The van der Waals surface area contributed by atoms with E-state index in [4.69, 9.17) is 0 Å². The zero-order valence-electron chi connectivity index (χ0n) is 9.22. The molecule has 2 aliphatic rings. The molecule has 1 aliphatic carbocycles. The van der Waals surface area contributed by atoms with E-state index in [1.54, 1.807) is 0 Å². The molecule has 3 nitrogen and oxygen atoms in total. The van der Waals surface area contributed by atoms with Gasteiger partial charge in [0, 0.05) is 23.8 Å². The van der Waals surface area contributed by atoms with Crippen molar-refractivity contribution in [1.82, 2.24) is 4.98 Å². The predicted octanol–water partition coefficient (Wildman–Crippen LogP) is 0.992. The van der Waals surface area contributed by atoms with Crippen molar-refractivity contribution < 1.29 is 0 Å². The number of nitrogens with zero attached hydrogens (tertiary/aromatic N) is 3. The van der Waals surface area contributed by atoms with Crippen molar-refractivity contribution in [1.29, 1.82) is 0 Å². The molecule has 0 radical (unpaired) electrons. The summed E-state index contributed by atoms with van der Waals surface area (Å²) in [5.41, 5.74) is 2.17. The van der Waals surface area contributed by atoms with Gasteiger partial charge in [-0.3, -0.25) is 4.99 Å². The van der Waals surface area contributed by atoms with Crippen molar-refractivity contribution in [2.45, 2.75) is 31.0 Å². The molecule has 1 aromatic heterocycles. The second-order valence-corrected chi connectivity index (χ2v) is 5.83. The fraction of sp³-hybridized carbons (Fsp3) is 0.417. The molecule has 2 unspecified atom stereocenters. The van der Waals surface area contributed by atoms with E-state index in [2.05, 4.69) is 30.3 Å². The third kappa shape index (κ3) is 1.80. The molecule has 2 atom stereocenters. The van der Waals surface area contributed by atoms with Crippen LogP contribution in [0.4, 0.5) is 0 Å². The van der Waals surface area contributed by atoms with Gasteiger partial charge in [-0.25, -0.2) is 9.98 Å². The van der Waals surface area contributed by atoms with Crippen LogP contribution in [-0.2, 0) is 0 Å². The molecule has 1 saturated carbocycles. The lowest BCUT2D eigenvalue weighted by atomic mass is 10.1. The van der Waals surface area contributed by atoms with Gasteiger partial charge in [-0.15, -0.1) is 9.24 Å². The van der Waals surface area contributed by atoms with Crippen LogP contribution in [0.3, 0.4) is 0 Å². The number of pyridine rings is 1. The van der Waals surface area contributed by atoms with Crippen molar-refractivity contribution >= 4 is 21.7 Å². The van der Waals surface area contributed by atoms with Crippen LogP contribution in [-0.4, -0.2) is 16.5 Å². The van der Waals surface area contributed by atoms with Gasteiger partial charge in [0.25, 0.3) is 0 Å². The molecule has 1 aliphatic heterocycles. The van der Waals surface area contributed by atoms with Gasteiger partial charge in [0.15, 0.2) is 5.49 Å². The minimum atomic E-state index is -0.336. The van der Waals surface area contributed by atoms with Crippen LogP contribution < -0.4 is 10.7 Å². The Labute approximate surface area is 96.6 Å². The normalized spacial score (nSPS) is 27.6. The molecule has 3 rings (SSSR count). The van der Waals surface area contributed by atoms with E-state index >= 15 is 0 Å². The summed E-state index contributed by atoms with van der Waals surface area (Å²) in [5, 5.41) is 0.768. The summed E-state index contributed by atoms with van der Waals surface area (Å²) in [7, 11) is 2.70. The minimum Gasteiger partial charge on any atom is -0.265 e. The minimum absolute atomic E-state index is 0.336. The number of rotatable bonds is 1. The van der Waals surface area contributed by atoms with Crippen LogP contribution >= 0.6 is 9.24 Å². The lowest BCUT2D eigenvalue weighted by molar-refractivity contribution is 0.850. The predicted molar refractivity (Wildman–Crippen MR) is 68.1 cm³/mol. The number of fused-ring (bicyclic) bond motifs is 1. The maximum absolute atomic E-state index is 4.61. The highest BCUT2D eigenvalue weighted by molar-refractivity contribution is 7.20. The summed E-state index contributed by atoms with van der Waals surface area (Å²) in [6.45, 7) is 2.01. The molecule has 4 heteroatoms. The Kier molecular flexibility index (Phi) is 2.18. The molecular weight excluding hydrogens is 217 g/mol. The van der Waals surface area contributed by atoms with E-state index in [0.717, 1.165) is 10.7 Å². The third-order valence-corrected chi connectivity index (χ3v) is 3.18. The van der Waals surface area contributed by atoms with E-state index in [1.165, 1.54) is 18.4 Å². The fourth-order valence-electron chi connectivity index (χ4n) is 1.97. The Morgan fingerprint density at radius 2 is 2.25 bits per heavy atom. The third-order valence-electron chi connectivity index (χ3n) is 2.91. The van der Waals surface area contributed by atoms with Gasteiger partial charge < -0.3 is 0 Å². The van der Waals surface area contributed by atoms with Crippen LogP contribution in [0.15, 0.2) is 22.2 Å². The zero-order chi connectivity index (χ0) is 11.2. The molecule has 82 valence electrons. The summed E-state index contributed by atoms with van der Waals surface area (Å²) < 4.78 is 0. The fourth-order valence-corrected chi connectivity index (χ4v) is 2.18. The second-order valence-electron chi connectivity index (χ2n) is 4.66. The molecule has 0 N–H and O–H groups in total. The lowest BCUT2D eigenvalue weighted by Gasteiger charge is -2.10. The van der Waals surface area contributed by atoms with Gasteiger partial charge >= 0.3 is 0 Å². The molecule has 2 heterocycles. The van der Waals surface area contributed by atoms with Crippen LogP contribution in [0, 0.1) is 0 Å². The van der Waals surface area contributed by atoms with Gasteiger partial charge in [-0.1, -0.05) is 0 Å². The highest BCUT2D eigenvalue weighted by Crippen LogP contribution is 2.37. The van der Waals surface area contributed by atoms with Gasteiger partial charge in [-0.05, 0) is 37.3 Å². The maximum Gasteiger partial charge on any atom is 0.157 e. The first kappa shape index (κ1) is 10.1. The molecule has 1 fully saturated rings. The van der Waals surface area contributed by atoms with Gasteiger partial charge in [0.1, 0.15) is 5.28 Å². The van der Waals surface area contributed by atoms with E-state index in [-0.39, 0.29) is 5.28 Å². The molecular formula is C12H14N3P. The Balaban J connectivity index is 2.30. The van der Waals surface area contributed by atoms with Crippen LogP contribution in [0.5, 0.6) is 0 Å². The van der Waals surface area contributed by atoms with Gasteiger partial charge in [0.2, 0.25) is 0 Å². The smallest absolute Gasteiger partial charge is 0.157 e. The Morgan fingerprint density at radius 3 is 3.00 bits per heavy atom. The van der Waals surface area contributed by atoms with Gasteiger partial charge in [-0.2, -0.15) is 0 Å². The maximum atomic E-state index is 4.61. The molecule has 0 spiro atoms. The molecule has 0 bridgehead atoms. The van der Waals surface area contributed by atoms with Crippen molar-refractivity contribution in [3.8, 4) is 0 Å². The van der Waals surface area contributed by atoms with Crippen LogP contribution in [0.1, 0.15) is 31.2 Å². The SMILES string of the molecule is CC1(P)C=NC=c2c(C3CC3)ccnc2=N1. The molecule has 16 heavy (non-hydrogen) atoms. The zero-order valence-corrected chi connectivity index (χ0v) is 10.4. The lowest BCUT2D eigenvalue weighted by Crippen LogP contribution is -2.33. The Bertz CT molecular complexity index is 570. The second kappa shape index (κ2) is 3.46.